The van der Waals surface area contributed by atoms with E-state index >= 15 is 0 Å². The van der Waals surface area contributed by atoms with Crippen LogP contribution in [0.4, 0.5) is 0 Å². The van der Waals surface area contributed by atoms with E-state index < -0.39 is 0 Å². The minimum atomic E-state index is 0.0930. The second-order valence-corrected chi connectivity index (χ2v) is 5.04. The highest BCUT2D eigenvalue weighted by molar-refractivity contribution is 7.98. The molecule has 0 unspecified atom stereocenters. The predicted molar refractivity (Wildman–Crippen MR) is 72.2 cm³/mol. The first kappa shape index (κ1) is 13.1. The van der Waals surface area contributed by atoms with Gasteiger partial charge in [-0.05, 0) is 24.1 Å². The van der Waals surface area contributed by atoms with Gasteiger partial charge < -0.3 is 5.11 Å². The summed E-state index contributed by atoms with van der Waals surface area (Å²) in [7, 11) is 0. The van der Waals surface area contributed by atoms with Gasteiger partial charge in [0.1, 0.15) is 12.2 Å². The molecule has 0 bridgehead atoms. The molecule has 0 aliphatic rings. The number of aromatic nitrogens is 3. The summed E-state index contributed by atoms with van der Waals surface area (Å²) < 4.78 is 1.95. The molecule has 18 heavy (non-hydrogen) atoms. The van der Waals surface area contributed by atoms with Crippen LogP contribution in [0.1, 0.15) is 24.7 Å². The van der Waals surface area contributed by atoms with E-state index in [1.807, 2.05) is 28.9 Å². The molecule has 1 aromatic heterocycles. The second kappa shape index (κ2) is 6.56. The van der Waals surface area contributed by atoms with Crippen molar-refractivity contribution in [2.24, 2.45) is 0 Å². The molecule has 5 heteroatoms. The van der Waals surface area contributed by atoms with Gasteiger partial charge in [-0.3, -0.25) is 0 Å². The van der Waals surface area contributed by atoms with Gasteiger partial charge in [-0.25, -0.2) is 9.67 Å². The van der Waals surface area contributed by atoms with Crippen molar-refractivity contribution in [1.29, 1.82) is 0 Å². The molecule has 1 aromatic carbocycles. The fourth-order valence-corrected chi connectivity index (χ4v) is 2.49. The molecule has 1 N–H and O–H groups in total. The van der Waals surface area contributed by atoms with Crippen LogP contribution in [0.15, 0.2) is 35.5 Å². The van der Waals surface area contributed by atoms with E-state index in [1.165, 1.54) is 4.90 Å². The van der Waals surface area contributed by atoms with Crippen LogP contribution in [-0.4, -0.2) is 19.9 Å². The maximum absolute atomic E-state index is 8.98. The van der Waals surface area contributed by atoms with E-state index in [4.69, 9.17) is 5.11 Å². The van der Waals surface area contributed by atoms with Gasteiger partial charge in [-0.1, -0.05) is 19.1 Å². The number of thioether (sulfide) groups is 1. The zero-order chi connectivity index (χ0) is 12.8. The first-order chi connectivity index (χ1) is 8.83. The number of hydrogen-bond acceptors (Lipinski definition) is 4. The molecule has 4 nitrogen and oxygen atoms in total. The van der Waals surface area contributed by atoms with E-state index in [-0.39, 0.29) is 6.61 Å². The summed E-state index contributed by atoms with van der Waals surface area (Å²) >= 11 is 1.73. The molecule has 0 saturated heterocycles. The average Bonchev–Trinajstić information content (AvgIpc) is 2.85. The molecule has 0 saturated carbocycles. The number of aryl methyl sites for hydroxylation is 1. The van der Waals surface area contributed by atoms with Gasteiger partial charge in [0.15, 0.2) is 0 Å². The Balaban J connectivity index is 1.95. The quantitative estimate of drug-likeness (QED) is 0.813. The van der Waals surface area contributed by atoms with Crippen LogP contribution in [0.25, 0.3) is 0 Å². The first-order valence-corrected chi connectivity index (χ1v) is 7.01. The molecular formula is C13H17N3OS. The molecule has 0 atom stereocenters. The lowest BCUT2D eigenvalue weighted by molar-refractivity contribution is 0.282. The van der Waals surface area contributed by atoms with Gasteiger partial charge in [-0.2, -0.15) is 5.10 Å². The Bertz CT molecular complexity index is 481. The fraction of sp³-hybridized carbons (Fsp3) is 0.385. The first-order valence-electron chi connectivity index (χ1n) is 6.02. The zero-order valence-electron chi connectivity index (χ0n) is 10.4. The predicted octanol–water partition coefficient (Wildman–Crippen LogP) is 2.47. The van der Waals surface area contributed by atoms with Crippen LogP contribution in [0.3, 0.4) is 0 Å². The van der Waals surface area contributed by atoms with Gasteiger partial charge >= 0.3 is 0 Å². The van der Waals surface area contributed by atoms with Crippen molar-refractivity contribution in [2.45, 2.75) is 37.1 Å². The lowest BCUT2D eigenvalue weighted by atomic mass is 10.2. The minimum Gasteiger partial charge on any atom is -0.392 e. The van der Waals surface area contributed by atoms with Crippen molar-refractivity contribution in [3.63, 3.8) is 0 Å². The van der Waals surface area contributed by atoms with Crippen LogP contribution in [-0.2, 0) is 18.9 Å². The van der Waals surface area contributed by atoms with E-state index in [2.05, 4.69) is 17.0 Å². The second-order valence-electron chi connectivity index (χ2n) is 3.99. The Morgan fingerprint density at radius 3 is 2.72 bits per heavy atom. The maximum Gasteiger partial charge on any atom is 0.138 e. The van der Waals surface area contributed by atoms with E-state index in [0.717, 1.165) is 30.1 Å². The highest BCUT2D eigenvalue weighted by Gasteiger charge is 2.04. The van der Waals surface area contributed by atoms with Crippen LogP contribution in [0, 0.1) is 0 Å². The Kier molecular flexibility index (Phi) is 4.78. The number of benzene rings is 1. The van der Waals surface area contributed by atoms with Crippen LogP contribution in [0.2, 0.25) is 0 Å². The van der Waals surface area contributed by atoms with Crippen molar-refractivity contribution >= 4 is 11.8 Å². The summed E-state index contributed by atoms with van der Waals surface area (Å²) in [5, 5.41) is 13.2. The van der Waals surface area contributed by atoms with Gasteiger partial charge in [0, 0.05) is 11.4 Å². The molecule has 2 aromatic rings. The average molecular weight is 263 g/mol. The number of aliphatic hydroxyl groups excluding tert-OH is 1. The standard InChI is InChI=1S/C13H17N3OS/c1-2-7-16-13(14-10-15-16)9-18-12-5-3-11(8-17)4-6-12/h3-6,10,17H,2,7-9H2,1H3. The molecule has 0 amide bonds. The van der Waals surface area contributed by atoms with Crippen molar-refractivity contribution in [1.82, 2.24) is 14.8 Å². The molecule has 0 radical (unpaired) electrons. The van der Waals surface area contributed by atoms with Crippen LogP contribution < -0.4 is 0 Å². The topological polar surface area (TPSA) is 50.9 Å². The Morgan fingerprint density at radius 2 is 2.06 bits per heavy atom. The Morgan fingerprint density at radius 1 is 1.28 bits per heavy atom. The zero-order valence-corrected chi connectivity index (χ0v) is 11.2. The van der Waals surface area contributed by atoms with E-state index in [1.54, 1.807) is 18.1 Å². The minimum absolute atomic E-state index is 0.0930. The largest absolute Gasteiger partial charge is 0.392 e. The molecule has 0 aliphatic carbocycles. The van der Waals surface area contributed by atoms with E-state index in [9.17, 15) is 0 Å². The number of hydrogen-bond donors (Lipinski definition) is 1. The molecule has 0 fully saturated rings. The summed E-state index contributed by atoms with van der Waals surface area (Å²) in [6.45, 7) is 3.14. The third-order valence-electron chi connectivity index (χ3n) is 2.60. The molecule has 1 heterocycles. The molecular weight excluding hydrogens is 246 g/mol. The summed E-state index contributed by atoms with van der Waals surface area (Å²) in [5.74, 6) is 1.83. The van der Waals surface area contributed by atoms with Crippen molar-refractivity contribution < 1.29 is 5.11 Å². The summed E-state index contributed by atoms with van der Waals surface area (Å²) in [6.07, 6.45) is 2.67. The van der Waals surface area contributed by atoms with Gasteiger partial charge in [0.25, 0.3) is 0 Å². The lowest BCUT2D eigenvalue weighted by Crippen LogP contribution is -2.03. The fourth-order valence-electron chi connectivity index (χ4n) is 1.64. The summed E-state index contributed by atoms with van der Waals surface area (Å²) in [6, 6.07) is 7.94. The number of nitrogens with zero attached hydrogens (tertiary/aromatic N) is 3. The van der Waals surface area contributed by atoms with Crippen molar-refractivity contribution in [3.8, 4) is 0 Å². The lowest BCUT2D eigenvalue weighted by Gasteiger charge is -2.05. The Hall–Kier alpha value is -1.33. The van der Waals surface area contributed by atoms with Crippen LogP contribution in [0.5, 0.6) is 0 Å². The van der Waals surface area contributed by atoms with Gasteiger partial charge in [0.2, 0.25) is 0 Å². The summed E-state index contributed by atoms with van der Waals surface area (Å²) in [5.41, 5.74) is 0.938. The number of aliphatic hydroxyl groups is 1. The SMILES string of the molecule is CCCn1ncnc1CSc1ccc(CO)cc1. The highest BCUT2D eigenvalue weighted by Crippen LogP contribution is 2.22. The molecule has 2 rings (SSSR count). The monoisotopic (exact) mass is 263 g/mol. The number of rotatable bonds is 6. The van der Waals surface area contributed by atoms with Gasteiger partial charge in [0.05, 0.1) is 12.4 Å². The highest BCUT2D eigenvalue weighted by atomic mass is 32.2. The van der Waals surface area contributed by atoms with Crippen molar-refractivity contribution in [3.05, 3.63) is 42.0 Å². The third kappa shape index (κ3) is 3.34. The maximum atomic E-state index is 8.98. The van der Waals surface area contributed by atoms with Gasteiger partial charge in [-0.15, -0.1) is 11.8 Å². The third-order valence-corrected chi connectivity index (χ3v) is 3.61. The normalized spacial score (nSPS) is 10.8. The van der Waals surface area contributed by atoms with Crippen LogP contribution >= 0.6 is 11.8 Å². The van der Waals surface area contributed by atoms with E-state index in [0.29, 0.717) is 0 Å². The van der Waals surface area contributed by atoms with Crippen molar-refractivity contribution in [2.75, 3.05) is 0 Å². The molecule has 0 aliphatic heterocycles. The molecule has 0 spiro atoms. The summed E-state index contributed by atoms with van der Waals surface area (Å²) in [4.78, 5) is 5.45. The Labute approximate surface area is 111 Å². The smallest absolute Gasteiger partial charge is 0.138 e. The molecule has 96 valence electrons.